The predicted octanol–water partition coefficient (Wildman–Crippen LogP) is 4.73. The topological polar surface area (TPSA) is 33.1 Å². The number of aromatic nitrogens is 1. The molecule has 0 aliphatic rings. The minimum atomic E-state index is -0.426. The van der Waals surface area contributed by atoms with Crippen molar-refractivity contribution in [3.8, 4) is 0 Å². The standard InChI is InChI=1S/C18H25NO/c1-13(11-18(2,3)4)9-17(20)15-10-14-7-5-6-8-16(14)19-12-15/h5-8,10,12-13,17,20H,9,11H2,1-4H3. The number of aliphatic hydroxyl groups is 1. The molecular weight excluding hydrogens is 246 g/mol. The van der Waals surface area contributed by atoms with Crippen molar-refractivity contribution in [2.75, 3.05) is 0 Å². The van der Waals surface area contributed by atoms with Gasteiger partial charge in [0.2, 0.25) is 0 Å². The van der Waals surface area contributed by atoms with Gasteiger partial charge in [-0.25, -0.2) is 0 Å². The maximum absolute atomic E-state index is 10.4. The largest absolute Gasteiger partial charge is 0.388 e. The Morgan fingerprint density at radius 1 is 1.20 bits per heavy atom. The molecule has 0 aliphatic carbocycles. The average Bonchev–Trinajstić information content (AvgIpc) is 2.35. The first-order chi connectivity index (χ1) is 9.35. The number of fused-ring (bicyclic) bond motifs is 1. The summed E-state index contributed by atoms with van der Waals surface area (Å²) >= 11 is 0. The number of hydrogen-bond acceptors (Lipinski definition) is 2. The van der Waals surface area contributed by atoms with Crippen molar-refractivity contribution in [3.63, 3.8) is 0 Å². The molecule has 0 bridgehead atoms. The van der Waals surface area contributed by atoms with Gasteiger partial charge in [-0.05, 0) is 41.9 Å². The number of aliphatic hydroxyl groups excluding tert-OH is 1. The normalized spacial score (nSPS) is 15.2. The number of hydrogen-bond donors (Lipinski definition) is 1. The minimum Gasteiger partial charge on any atom is -0.388 e. The van der Waals surface area contributed by atoms with Gasteiger partial charge in [0.1, 0.15) is 0 Å². The first-order valence-electron chi connectivity index (χ1n) is 7.38. The lowest BCUT2D eigenvalue weighted by molar-refractivity contribution is 0.134. The van der Waals surface area contributed by atoms with Gasteiger partial charge in [0.25, 0.3) is 0 Å². The zero-order valence-electron chi connectivity index (χ0n) is 12.9. The molecule has 1 aromatic heterocycles. The van der Waals surface area contributed by atoms with Gasteiger partial charge in [-0.2, -0.15) is 0 Å². The highest BCUT2D eigenvalue weighted by atomic mass is 16.3. The van der Waals surface area contributed by atoms with E-state index >= 15 is 0 Å². The molecule has 0 spiro atoms. The lowest BCUT2D eigenvalue weighted by atomic mass is 9.82. The SMILES string of the molecule is CC(CC(O)c1cnc2ccccc2c1)CC(C)(C)C. The van der Waals surface area contributed by atoms with Crippen LogP contribution in [-0.4, -0.2) is 10.1 Å². The van der Waals surface area contributed by atoms with Gasteiger partial charge >= 0.3 is 0 Å². The van der Waals surface area contributed by atoms with Crippen LogP contribution in [0.2, 0.25) is 0 Å². The van der Waals surface area contributed by atoms with Gasteiger partial charge < -0.3 is 5.11 Å². The molecule has 1 heterocycles. The van der Waals surface area contributed by atoms with Crippen LogP contribution in [0.25, 0.3) is 10.9 Å². The van der Waals surface area contributed by atoms with E-state index in [4.69, 9.17) is 0 Å². The Morgan fingerprint density at radius 2 is 1.90 bits per heavy atom. The third-order valence-electron chi connectivity index (χ3n) is 3.58. The number of pyridine rings is 1. The number of rotatable bonds is 4. The molecule has 2 heteroatoms. The van der Waals surface area contributed by atoms with Gasteiger partial charge in [-0.15, -0.1) is 0 Å². The minimum absolute atomic E-state index is 0.306. The van der Waals surface area contributed by atoms with Gasteiger partial charge in [-0.1, -0.05) is 45.9 Å². The van der Waals surface area contributed by atoms with Crippen molar-refractivity contribution in [1.82, 2.24) is 4.98 Å². The van der Waals surface area contributed by atoms with E-state index < -0.39 is 6.10 Å². The molecule has 20 heavy (non-hydrogen) atoms. The Balaban J connectivity index is 2.09. The zero-order valence-corrected chi connectivity index (χ0v) is 12.9. The fourth-order valence-electron chi connectivity index (χ4n) is 2.92. The molecule has 2 nitrogen and oxygen atoms in total. The second-order valence-electron chi connectivity index (χ2n) is 7.08. The molecule has 2 unspecified atom stereocenters. The van der Waals surface area contributed by atoms with E-state index in [0.29, 0.717) is 11.3 Å². The van der Waals surface area contributed by atoms with Crippen molar-refractivity contribution in [3.05, 3.63) is 42.1 Å². The maximum atomic E-state index is 10.4. The zero-order chi connectivity index (χ0) is 14.8. The summed E-state index contributed by atoms with van der Waals surface area (Å²) < 4.78 is 0. The third kappa shape index (κ3) is 4.04. The van der Waals surface area contributed by atoms with Crippen molar-refractivity contribution in [2.45, 2.75) is 46.6 Å². The third-order valence-corrected chi connectivity index (χ3v) is 3.58. The van der Waals surface area contributed by atoms with E-state index in [1.807, 2.05) is 24.3 Å². The number of nitrogens with zero attached hydrogens (tertiary/aromatic N) is 1. The maximum Gasteiger partial charge on any atom is 0.0807 e. The molecule has 0 saturated heterocycles. The van der Waals surface area contributed by atoms with Gasteiger partial charge in [0.05, 0.1) is 11.6 Å². The lowest BCUT2D eigenvalue weighted by Gasteiger charge is -2.25. The van der Waals surface area contributed by atoms with Crippen LogP contribution in [0.1, 0.15) is 52.2 Å². The molecule has 2 aromatic rings. The molecule has 0 radical (unpaired) electrons. The molecule has 2 rings (SSSR count). The lowest BCUT2D eigenvalue weighted by Crippen LogP contribution is -2.13. The highest BCUT2D eigenvalue weighted by molar-refractivity contribution is 5.78. The van der Waals surface area contributed by atoms with Crippen LogP contribution in [0, 0.1) is 11.3 Å². The van der Waals surface area contributed by atoms with Gasteiger partial charge in [-0.3, -0.25) is 4.98 Å². The van der Waals surface area contributed by atoms with Crippen LogP contribution in [0.4, 0.5) is 0 Å². The Morgan fingerprint density at radius 3 is 2.60 bits per heavy atom. The van der Waals surface area contributed by atoms with Crippen LogP contribution in [-0.2, 0) is 0 Å². The molecule has 0 fully saturated rings. The summed E-state index contributed by atoms with van der Waals surface area (Å²) in [6, 6.07) is 10.1. The van der Waals surface area contributed by atoms with Crippen LogP contribution in [0.15, 0.2) is 36.5 Å². The number of benzene rings is 1. The molecule has 0 amide bonds. The Labute approximate surface area is 121 Å². The summed E-state index contributed by atoms with van der Waals surface area (Å²) in [5.41, 5.74) is 2.21. The van der Waals surface area contributed by atoms with E-state index in [0.717, 1.165) is 29.3 Å². The summed E-state index contributed by atoms with van der Waals surface area (Å²) in [5.74, 6) is 0.497. The van der Waals surface area contributed by atoms with Gasteiger partial charge in [0.15, 0.2) is 0 Å². The van der Waals surface area contributed by atoms with Crippen molar-refractivity contribution >= 4 is 10.9 Å². The molecule has 1 N–H and O–H groups in total. The fraction of sp³-hybridized carbons (Fsp3) is 0.500. The second kappa shape index (κ2) is 5.92. The molecule has 108 valence electrons. The van der Waals surface area contributed by atoms with Crippen LogP contribution in [0.3, 0.4) is 0 Å². The predicted molar refractivity (Wildman–Crippen MR) is 84.6 cm³/mol. The Kier molecular flexibility index (Phi) is 4.44. The summed E-state index contributed by atoms with van der Waals surface area (Å²) in [7, 11) is 0. The highest BCUT2D eigenvalue weighted by Crippen LogP contribution is 2.30. The van der Waals surface area contributed by atoms with E-state index in [-0.39, 0.29) is 0 Å². The molecule has 1 aromatic carbocycles. The smallest absolute Gasteiger partial charge is 0.0807 e. The van der Waals surface area contributed by atoms with E-state index in [1.165, 1.54) is 0 Å². The van der Waals surface area contributed by atoms with Crippen molar-refractivity contribution < 1.29 is 5.11 Å². The fourth-order valence-corrected chi connectivity index (χ4v) is 2.92. The van der Waals surface area contributed by atoms with Gasteiger partial charge in [0, 0.05) is 11.6 Å². The molecule has 2 atom stereocenters. The van der Waals surface area contributed by atoms with Crippen molar-refractivity contribution in [1.29, 1.82) is 0 Å². The van der Waals surface area contributed by atoms with Crippen molar-refractivity contribution in [2.24, 2.45) is 11.3 Å². The van der Waals surface area contributed by atoms with Crippen LogP contribution >= 0.6 is 0 Å². The van der Waals surface area contributed by atoms with Crippen LogP contribution in [0.5, 0.6) is 0 Å². The first-order valence-corrected chi connectivity index (χ1v) is 7.38. The second-order valence-corrected chi connectivity index (χ2v) is 7.08. The monoisotopic (exact) mass is 271 g/mol. The quantitative estimate of drug-likeness (QED) is 0.872. The number of para-hydroxylation sites is 1. The Hall–Kier alpha value is -1.41. The summed E-state index contributed by atoms with van der Waals surface area (Å²) in [6.45, 7) is 8.94. The Bertz CT molecular complexity index is 571. The van der Waals surface area contributed by atoms with E-state index in [1.54, 1.807) is 6.20 Å². The van der Waals surface area contributed by atoms with E-state index in [9.17, 15) is 5.11 Å². The molecular formula is C18H25NO. The average molecular weight is 271 g/mol. The molecule has 0 aliphatic heterocycles. The van der Waals surface area contributed by atoms with E-state index in [2.05, 4.69) is 38.7 Å². The summed E-state index contributed by atoms with van der Waals surface area (Å²) in [5, 5.41) is 11.5. The first kappa shape index (κ1) is 15.0. The molecule has 0 saturated carbocycles. The summed E-state index contributed by atoms with van der Waals surface area (Å²) in [6.07, 6.45) is 3.28. The van der Waals surface area contributed by atoms with Crippen LogP contribution < -0.4 is 0 Å². The highest BCUT2D eigenvalue weighted by Gasteiger charge is 2.19. The summed E-state index contributed by atoms with van der Waals surface area (Å²) in [4.78, 5) is 4.42.